The SMILES string of the molecule is Nc1cnc(N2CC(O)C(O)C2)s1. The van der Waals surface area contributed by atoms with Crippen molar-refractivity contribution >= 4 is 21.5 Å². The third kappa shape index (κ3) is 1.60. The van der Waals surface area contributed by atoms with Crippen LogP contribution in [0.25, 0.3) is 0 Å². The molecule has 2 unspecified atom stereocenters. The van der Waals surface area contributed by atoms with Crippen LogP contribution in [-0.2, 0) is 0 Å². The molecule has 1 aliphatic heterocycles. The molecule has 72 valence electrons. The van der Waals surface area contributed by atoms with E-state index in [1.165, 1.54) is 11.3 Å². The van der Waals surface area contributed by atoms with E-state index in [2.05, 4.69) is 4.98 Å². The lowest BCUT2D eigenvalue weighted by Crippen LogP contribution is -2.22. The van der Waals surface area contributed by atoms with Crippen molar-refractivity contribution in [2.45, 2.75) is 12.2 Å². The van der Waals surface area contributed by atoms with Gasteiger partial charge in [-0.15, -0.1) is 0 Å². The molecule has 1 saturated heterocycles. The second kappa shape index (κ2) is 3.13. The van der Waals surface area contributed by atoms with Gasteiger partial charge in [0.1, 0.15) is 5.00 Å². The van der Waals surface area contributed by atoms with E-state index in [0.717, 1.165) is 5.13 Å². The second-order valence-electron chi connectivity index (χ2n) is 3.08. The quantitative estimate of drug-likeness (QED) is 0.558. The van der Waals surface area contributed by atoms with Crippen LogP contribution >= 0.6 is 11.3 Å². The van der Waals surface area contributed by atoms with Crippen molar-refractivity contribution in [1.82, 2.24) is 4.98 Å². The molecule has 2 atom stereocenters. The maximum Gasteiger partial charge on any atom is 0.187 e. The van der Waals surface area contributed by atoms with Crippen molar-refractivity contribution in [3.63, 3.8) is 0 Å². The van der Waals surface area contributed by atoms with Crippen LogP contribution in [0.2, 0.25) is 0 Å². The average molecular weight is 201 g/mol. The number of hydrogen-bond donors (Lipinski definition) is 3. The molecule has 1 aromatic heterocycles. The molecule has 0 bridgehead atoms. The fraction of sp³-hybridized carbons (Fsp3) is 0.571. The molecule has 2 heterocycles. The first-order valence-electron chi connectivity index (χ1n) is 3.99. The number of nitrogens with two attached hydrogens (primary N) is 1. The van der Waals surface area contributed by atoms with E-state index >= 15 is 0 Å². The summed E-state index contributed by atoms with van der Waals surface area (Å²) in [5.74, 6) is 0. The largest absolute Gasteiger partial charge is 0.389 e. The Morgan fingerprint density at radius 3 is 2.54 bits per heavy atom. The lowest BCUT2D eigenvalue weighted by molar-refractivity contribution is 0.0572. The lowest BCUT2D eigenvalue weighted by atomic mass is 10.3. The number of nitrogens with zero attached hydrogens (tertiary/aromatic N) is 2. The fourth-order valence-electron chi connectivity index (χ4n) is 1.35. The molecule has 2 rings (SSSR count). The number of rotatable bonds is 1. The Morgan fingerprint density at radius 2 is 2.08 bits per heavy atom. The van der Waals surface area contributed by atoms with Crippen molar-refractivity contribution in [2.75, 3.05) is 23.7 Å². The van der Waals surface area contributed by atoms with Crippen LogP contribution < -0.4 is 10.6 Å². The van der Waals surface area contributed by atoms with Gasteiger partial charge in [-0.1, -0.05) is 11.3 Å². The molecule has 0 spiro atoms. The van der Waals surface area contributed by atoms with Gasteiger partial charge in [0.15, 0.2) is 5.13 Å². The molecule has 1 aliphatic rings. The van der Waals surface area contributed by atoms with E-state index in [9.17, 15) is 10.2 Å². The molecular weight excluding hydrogens is 190 g/mol. The van der Waals surface area contributed by atoms with Crippen molar-refractivity contribution in [2.24, 2.45) is 0 Å². The molecule has 0 aliphatic carbocycles. The summed E-state index contributed by atoms with van der Waals surface area (Å²) in [7, 11) is 0. The molecule has 13 heavy (non-hydrogen) atoms. The number of β-amino-alcohol motifs (C(OH)–C–C–N with tert-alkyl or cyclic N) is 2. The average Bonchev–Trinajstić information content (AvgIpc) is 2.61. The van der Waals surface area contributed by atoms with E-state index in [4.69, 9.17) is 5.73 Å². The number of aromatic nitrogens is 1. The van der Waals surface area contributed by atoms with Gasteiger partial charge < -0.3 is 20.8 Å². The minimum absolute atomic E-state index is 0.425. The second-order valence-corrected chi connectivity index (χ2v) is 4.13. The summed E-state index contributed by atoms with van der Waals surface area (Å²) < 4.78 is 0. The minimum Gasteiger partial charge on any atom is -0.389 e. The first-order valence-corrected chi connectivity index (χ1v) is 4.81. The Kier molecular flexibility index (Phi) is 2.10. The van der Waals surface area contributed by atoms with Crippen molar-refractivity contribution in [1.29, 1.82) is 0 Å². The van der Waals surface area contributed by atoms with Crippen molar-refractivity contribution < 1.29 is 10.2 Å². The van der Waals surface area contributed by atoms with Crippen LogP contribution in [0, 0.1) is 0 Å². The number of hydrogen-bond acceptors (Lipinski definition) is 6. The van der Waals surface area contributed by atoms with E-state index in [0.29, 0.717) is 18.1 Å². The molecule has 1 aromatic rings. The molecule has 0 amide bonds. The Hall–Kier alpha value is -0.850. The normalized spacial score (nSPS) is 28.3. The highest BCUT2D eigenvalue weighted by Gasteiger charge is 2.30. The molecule has 1 fully saturated rings. The van der Waals surface area contributed by atoms with Gasteiger partial charge in [0.25, 0.3) is 0 Å². The van der Waals surface area contributed by atoms with Gasteiger partial charge >= 0.3 is 0 Å². The summed E-state index contributed by atoms with van der Waals surface area (Å²) in [5, 5.41) is 20.0. The van der Waals surface area contributed by atoms with Gasteiger partial charge in [-0.2, -0.15) is 0 Å². The third-order valence-electron chi connectivity index (χ3n) is 2.04. The highest BCUT2D eigenvalue weighted by molar-refractivity contribution is 7.19. The first kappa shape index (κ1) is 8.74. The predicted molar refractivity (Wildman–Crippen MR) is 50.8 cm³/mol. The van der Waals surface area contributed by atoms with E-state index in [1.54, 1.807) is 6.20 Å². The zero-order valence-electron chi connectivity index (χ0n) is 6.92. The lowest BCUT2D eigenvalue weighted by Gasteiger charge is -2.12. The summed E-state index contributed by atoms with van der Waals surface area (Å²) >= 11 is 1.36. The van der Waals surface area contributed by atoms with Gasteiger partial charge in [0.05, 0.1) is 18.4 Å². The van der Waals surface area contributed by atoms with Crippen LogP contribution in [0.3, 0.4) is 0 Å². The van der Waals surface area contributed by atoms with Crippen molar-refractivity contribution in [3.05, 3.63) is 6.20 Å². The molecular formula is C7H11N3O2S. The third-order valence-corrected chi connectivity index (χ3v) is 2.93. The number of aliphatic hydroxyl groups is 2. The molecule has 0 radical (unpaired) electrons. The van der Waals surface area contributed by atoms with Crippen LogP contribution in [0.1, 0.15) is 0 Å². The van der Waals surface area contributed by atoms with E-state index in [-0.39, 0.29) is 0 Å². The van der Waals surface area contributed by atoms with Gasteiger partial charge in [-0.3, -0.25) is 0 Å². The van der Waals surface area contributed by atoms with Crippen LogP contribution in [0.4, 0.5) is 10.1 Å². The monoisotopic (exact) mass is 201 g/mol. The number of thiazole rings is 1. The van der Waals surface area contributed by atoms with E-state index < -0.39 is 12.2 Å². The zero-order valence-corrected chi connectivity index (χ0v) is 7.74. The smallest absolute Gasteiger partial charge is 0.187 e. The number of nitrogen functional groups attached to an aromatic ring is 1. The van der Waals surface area contributed by atoms with Crippen molar-refractivity contribution in [3.8, 4) is 0 Å². The highest BCUT2D eigenvalue weighted by atomic mass is 32.1. The van der Waals surface area contributed by atoms with Gasteiger partial charge in [-0.05, 0) is 0 Å². The molecule has 5 nitrogen and oxygen atoms in total. The van der Waals surface area contributed by atoms with Crippen LogP contribution in [0.15, 0.2) is 6.20 Å². The van der Waals surface area contributed by atoms with Crippen LogP contribution in [0.5, 0.6) is 0 Å². The Bertz CT molecular complexity index is 294. The van der Waals surface area contributed by atoms with Gasteiger partial charge in [0.2, 0.25) is 0 Å². The maximum absolute atomic E-state index is 9.29. The highest BCUT2D eigenvalue weighted by Crippen LogP contribution is 2.27. The number of anilines is 2. The van der Waals surface area contributed by atoms with Gasteiger partial charge in [-0.25, -0.2) is 4.98 Å². The molecule has 4 N–H and O–H groups in total. The summed E-state index contributed by atoms with van der Waals surface area (Å²) in [4.78, 5) is 5.89. The van der Waals surface area contributed by atoms with E-state index in [1.807, 2.05) is 4.90 Å². The maximum atomic E-state index is 9.29. The molecule has 0 aromatic carbocycles. The minimum atomic E-state index is -0.676. The zero-order chi connectivity index (χ0) is 9.42. The predicted octanol–water partition coefficient (Wildman–Crippen LogP) is -0.733. The Labute approximate surface area is 79.4 Å². The molecule has 0 saturated carbocycles. The summed E-state index contributed by atoms with van der Waals surface area (Å²) in [6.07, 6.45) is 0.229. The Balaban J connectivity index is 2.11. The number of aliphatic hydroxyl groups excluding tert-OH is 2. The standard InChI is InChI=1S/C7H11N3O2S/c8-6-1-9-7(13-6)10-2-4(11)5(12)3-10/h1,4-5,11-12H,2-3,8H2. The summed E-state index contributed by atoms with van der Waals surface area (Å²) in [6, 6.07) is 0. The first-order chi connectivity index (χ1) is 6.16. The van der Waals surface area contributed by atoms with Crippen LogP contribution in [-0.4, -0.2) is 40.5 Å². The van der Waals surface area contributed by atoms with Gasteiger partial charge in [0, 0.05) is 13.1 Å². The Morgan fingerprint density at radius 1 is 1.46 bits per heavy atom. The summed E-state index contributed by atoms with van der Waals surface area (Å²) in [6.45, 7) is 0.849. The summed E-state index contributed by atoms with van der Waals surface area (Å²) in [5.41, 5.74) is 5.52. The topological polar surface area (TPSA) is 82.6 Å². The molecule has 6 heteroatoms. The fourth-order valence-corrected chi connectivity index (χ4v) is 2.05.